The molecule has 110 valence electrons. The van der Waals surface area contributed by atoms with Gasteiger partial charge < -0.3 is 19.7 Å². The molecular weight excluding hydrogens is 292 g/mol. The van der Waals surface area contributed by atoms with Crippen LogP contribution in [0.1, 0.15) is 16.1 Å². The van der Waals surface area contributed by atoms with E-state index in [1.807, 2.05) is 35.2 Å². The lowest BCUT2D eigenvalue weighted by molar-refractivity contribution is -0.141. The minimum absolute atomic E-state index is 0.0544. The van der Waals surface area contributed by atoms with Crippen LogP contribution in [0.4, 0.5) is 0 Å². The van der Waals surface area contributed by atoms with Crippen molar-refractivity contribution in [3.8, 4) is 5.69 Å². The van der Waals surface area contributed by atoms with Gasteiger partial charge in [-0.25, -0.2) is 4.79 Å². The van der Waals surface area contributed by atoms with E-state index in [9.17, 15) is 19.8 Å². The summed E-state index contributed by atoms with van der Waals surface area (Å²) in [6.07, 6.45) is 2.94. The molecule has 7 heteroatoms. The van der Waals surface area contributed by atoms with Gasteiger partial charge in [-0.3, -0.25) is 4.79 Å². The lowest BCUT2D eigenvalue weighted by Crippen LogP contribution is -2.40. The molecule has 0 spiro atoms. The van der Waals surface area contributed by atoms with Gasteiger partial charge in [0, 0.05) is 25.4 Å². The van der Waals surface area contributed by atoms with Gasteiger partial charge >= 0.3 is 5.97 Å². The Morgan fingerprint density at radius 1 is 1.29 bits per heavy atom. The van der Waals surface area contributed by atoms with Gasteiger partial charge in [0.1, 0.15) is 10.9 Å². The van der Waals surface area contributed by atoms with Gasteiger partial charge in [-0.1, -0.05) is 0 Å². The van der Waals surface area contributed by atoms with Crippen LogP contribution >= 0.6 is 11.3 Å². The molecule has 0 radical (unpaired) electrons. The third-order valence-corrected chi connectivity index (χ3v) is 4.44. The van der Waals surface area contributed by atoms with E-state index in [0.717, 1.165) is 5.69 Å². The highest BCUT2D eigenvalue weighted by molar-refractivity contribution is 7.12. The number of likely N-dealkylation sites (tertiary alicyclic amines) is 1. The zero-order valence-corrected chi connectivity index (χ0v) is 11.9. The van der Waals surface area contributed by atoms with E-state index >= 15 is 0 Å². The number of aromatic nitrogens is 1. The van der Waals surface area contributed by atoms with Crippen molar-refractivity contribution in [3.05, 3.63) is 40.8 Å². The fraction of sp³-hybridized carbons (Fsp3) is 0.286. The highest BCUT2D eigenvalue weighted by atomic mass is 32.1. The van der Waals surface area contributed by atoms with Crippen LogP contribution in [-0.4, -0.2) is 50.2 Å². The molecule has 1 fully saturated rings. The van der Waals surface area contributed by atoms with E-state index < -0.39 is 18.1 Å². The van der Waals surface area contributed by atoms with Crippen LogP contribution < -0.4 is 0 Å². The number of amides is 1. The topological polar surface area (TPSA) is 82.8 Å². The summed E-state index contributed by atoms with van der Waals surface area (Å²) in [7, 11) is 0. The molecular formula is C14H14N2O4S. The predicted octanol–water partition coefficient (Wildman–Crippen LogP) is 1.20. The number of hydrogen-bond acceptors (Lipinski definition) is 4. The molecule has 2 N–H and O–H groups in total. The number of rotatable bonds is 3. The minimum Gasteiger partial charge on any atom is -0.480 e. The van der Waals surface area contributed by atoms with Gasteiger partial charge in [-0.15, -0.1) is 11.3 Å². The smallest absolute Gasteiger partial charge is 0.326 e. The van der Waals surface area contributed by atoms with E-state index in [1.165, 1.54) is 16.2 Å². The third-order valence-electron chi connectivity index (χ3n) is 3.55. The number of thiophene rings is 1. The quantitative estimate of drug-likeness (QED) is 0.892. The van der Waals surface area contributed by atoms with E-state index in [1.54, 1.807) is 5.38 Å². The number of carbonyl (C=O) groups excluding carboxylic acids is 1. The van der Waals surface area contributed by atoms with Crippen molar-refractivity contribution in [1.29, 1.82) is 0 Å². The maximum atomic E-state index is 12.6. The maximum Gasteiger partial charge on any atom is 0.326 e. The maximum absolute atomic E-state index is 12.6. The van der Waals surface area contributed by atoms with Crippen molar-refractivity contribution in [1.82, 2.24) is 9.47 Å². The van der Waals surface area contributed by atoms with Gasteiger partial charge in [0.15, 0.2) is 0 Å². The lowest BCUT2D eigenvalue weighted by Gasteiger charge is -2.21. The molecule has 3 heterocycles. The van der Waals surface area contributed by atoms with E-state index in [4.69, 9.17) is 0 Å². The molecule has 0 saturated carbocycles. The van der Waals surface area contributed by atoms with Crippen molar-refractivity contribution in [2.45, 2.75) is 18.6 Å². The van der Waals surface area contributed by atoms with Crippen LogP contribution in [-0.2, 0) is 4.79 Å². The monoisotopic (exact) mass is 306 g/mol. The first-order valence-electron chi connectivity index (χ1n) is 6.50. The summed E-state index contributed by atoms with van der Waals surface area (Å²) in [6, 6.07) is 4.56. The van der Waals surface area contributed by atoms with E-state index in [0.29, 0.717) is 4.88 Å². The first kappa shape index (κ1) is 13.8. The summed E-state index contributed by atoms with van der Waals surface area (Å²) in [5.74, 6) is -1.43. The number of β-amino-alcohol motifs (C(OH)–C–C–N with tert-alkyl or cyclic N) is 1. The predicted molar refractivity (Wildman–Crippen MR) is 76.7 cm³/mol. The van der Waals surface area contributed by atoms with Crippen molar-refractivity contribution in [2.75, 3.05) is 6.54 Å². The van der Waals surface area contributed by atoms with Crippen LogP contribution in [0.2, 0.25) is 0 Å². The standard InChI is InChI=1S/C14H14N2O4S/c17-9-7-11(14(19)20)16(8-9)13(18)12-10(3-6-21-12)15-4-1-2-5-15/h1-6,9,11,17H,7-8H2,(H,19,20)/t9?,11-/m0/s1. The number of aliphatic carboxylic acids is 1. The first-order valence-corrected chi connectivity index (χ1v) is 7.38. The summed E-state index contributed by atoms with van der Waals surface area (Å²) in [5.41, 5.74) is 0.723. The number of carboxylic acid groups (broad SMARTS) is 1. The molecule has 1 saturated heterocycles. The Balaban J connectivity index is 1.93. The summed E-state index contributed by atoms with van der Waals surface area (Å²) < 4.78 is 1.81. The van der Waals surface area contributed by atoms with Gasteiger partial charge in [0.2, 0.25) is 0 Å². The molecule has 3 rings (SSSR count). The Morgan fingerprint density at radius 3 is 2.67 bits per heavy atom. The van der Waals surface area contributed by atoms with Crippen molar-refractivity contribution in [2.24, 2.45) is 0 Å². The molecule has 0 aromatic carbocycles. The minimum atomic E-state index is -1.08. The Bertz CT molecular complexity index is 664. The molecule has 1 aliphatic heterocycles. The van der Waals surface area contributed by atoms with Crippen LogP contribution in [0.5, 0.6) is 0 Å². The number of carbonyl (C=O) groups is 2. The van der Waals surface area contributed by atoms with Gasteiger partial charge in [0.05, 0.1) is 11.8 Å². The Kier molecular flexibility index (Phi) is 3.52. The van der Waals surface area contributed by atoms with Crippen molar-refractivity contribution < 1.29 is 19.8 Å². The van der Waals surface area contributed by atoms with Crippen LogP contribution in [0, 0.1) is 0 Å². The summed E-state index contributed by atoms with van der Waals surface area (Å²) >= 11 is 1.27. The summed E-state index contributed by atoms with van der Waals surface area (Å²) in [5, 5.41) is 20.7. The molecule has 21 heavy (non-hydrogen) atoms. The average Bonchev–Trinajstić information content (AvgIpc) is 3.17. The molecule has 0 bridgehead atoms. The highest BCUT2D eigenvalue weighted by Crippen LogP contribution is 2.27. The summed E-state index contributed by atoms with van der Waals surface area (Å²) in [6.45, 7) is 0.0544. The number of nitrogens with zero attached hydrogens (tertiary/aromatic N) is 2. The molecule has 1 aliphatic rings. The third kappa shape index (κ3) is 2.45. The lowest BCUT2D eigenvalue weighted by atomic mass is 10.2. The van der Waals surface area contributed by atoms with E-state index in [2.05, 4.69) is 0 Å². The Morgan fingerprint density at radius 2 is 2.00 bits per heavy atom. The SMILES string of the molecule is O=C(O)[C@@H]1CC(O)CN1C(=O)c1sccc1-n1cccc1. The number of aliphatic hydroxyl groups is 1. The normalized spacial score (nSPS) is 21.7. The van der Waals surface area contributed by atoms with Gasteiger partial charge in [-0.2, -0.15) is 0 Å². The summed E-state index contributed by atoms with van der Waals surface area (Å²) in [4.78, 5) is 25.6. The Hall–Kier alpha value is -2.12. The zero-order valence-electron chi connectivity index (χ0n) is 11.0. The average molecular weight is 306 g/mol. The molecule has 2 atom stereocenters. The van der Waals surface area contributed by atoms with Crippen LogP contribution in [0.15, 0.2) is 36.0 Å². The van der Waals surface area contributed by atoms with Gasteiger partial charge in [0.25, 0.3) is 5.91 Å². The van der Waals surface area contributed by atoms with Gasteiger partial charge in [-0.05, 0) is 23.6 Å². The molecule has 6 nitrogen and oxygen atoms in total. The fourth-order valence-corrected chi connectivity index (χ4v) is 3.41. The number of hydrogen-bond donors (Lipinski definition) is 2. The first-order chi connectivity index (χ1) is 10.1. The van der Waals surface area contributed by atoms with Crippen molar-refractivity contribution in [3.63, 3.8) is 0 Å². The largest absolute Gasteiger partial charge is 0.480 e. The van der Waals surface area contributed by atoms with E-state index in [-0.39, 0.29) is 18.9 Å². The molecule has 0 aliphatic carbocycles. The second-order valence-electron chi connectivity index (χ2n) is 4.93. The van der Waals surface area contributed by atoms with Crippen LogP contribution in [0.25, 0.3) is 5.69 Å². The highest BCUT2D eigenvalue weighted by Gasteiger charge is 2.40. The molecule has 2 aromatic rings. The number of aliphatic hydroxyl groups excluding tert-OH is 1. The zero-order chi connectivity index (χ0) is 15.0. The van der Waals surface area contributed by atoms with Crippen LogP contribution in [0.3, 0.4) is 0 Å². The Labute approximate surface area is 124 Å². The second kappa shape index (κ2) is 5.34. The number of carboxylic acids is 1. The van der Waals surface area contributed by atoms with Crippen molar-refractivity contribution >= 4 is 23.2 Å². The molecule has 1 amide bonds. The molecule has 1 unspecified atom stereocenters. The molecule has 2 aromatic heterocycles. The fourth-order valence-electron chi connectivity index (χ4n) is 2.56. The second-order valence-corrected chi connectivity index (χ2v) is 5.84.